The number of halogens is 1. The Kier molecular flexibility index (Phi) is 4.53. The van der Waals surface area contributed by atoms with Crippen molar-refractivity contribution in [2.75, 3.05) is 5.88 Å². The zero-order chi connectivity index (χ0) is 10.4. The van der Waals surface area contributed by atoms with Crippen LogP contribution in [0, 0.1) is 0 Å². The zero-order valence-electron chi connectivity index (χ0n) is 8.13. The van der Waals surface area contributed by atoms with E-state index in [0.717, 1.165) is 5.76 Å². The van der Waals surface area contributed by atoms with Crippen LogP contribution in [0.25, 0.3) is 0 Å². The van der Waals surface area contributed by atoms with Crippen molar-refractivity contribution in [2.45, 2.75) is 25.8 Å². The first-order valence-electron chi connectivity index (χ1n) is 4.62. The number of hydrogen-bond donors (Lipinski definition) is 1. The Hall–Kier alpha value is -0.960. The van der Waals surface area contributed by atoms with Crippen molar-refractivity contribution in [1.82, 2.24) is 5.32 Å². The van der Waals surface area contributed by atoms with E-state index < -0.39 is 0 Å². The van der Waals surface area contributed by atoms with Gasteiger partial charge in [-0.05, 0) is 25.5 Å². The third-order valence-electron chi connectivity index (χ3n) is 1.88. The number of hydrogen-bond acceptors (Lipinski definition) is 2. The molecule has 0 aliphatic carbocycles. The molecule has 0 saturated carbocycles. The van der Waals surface area contributed by atoms with E-state index in [1.807, 2.05) is 13.0 Å². The van der Waals surface area contributed by atoms with Crippen LogP contribution >= 0.6 is 11.6 Å². The Morgan fingerprint density at radius 1 is 1.71 bits per heavy atom. The highest BCUT2D eigenvalue weighted by Gasteiger charge is 2.10. The normalized spacial score (nSPS) is 12.4. The molecule has 3 nitrogen and oxygen atoms in total. The van der Waals surface area contributed by atoms with Crippen LogP contribution in [-0.4, -0.2) is 11.8 Å². The van der Waals surface area contributed by atoms with Crippen LogP contribution in [0.15, 0.2) is 22.8 Å². The van der Waals surface area contributed by atoms with Gasteiger partial charge in [0.05, 0.1) is 12.3 Å². The molecule has 4 heteroatoms. The van der Waals surface area contributed by atoms with E-state index in [9.17, 15) is 4.79 Å². The van der Waals surface area contributed by atoms with Gasteiger partial charge >= 0.3 is 0 Å². The Balaban J connectivity index is 2.33. The molecule has 14 heavy (non-hydrogen) atoms. The molecule has 1 aromatic heterocycles. The monoisotopic (exact) mass is 215 g/mol. The first-order chi connectivity index (χ1) is 6.74. The lowest BCUT2D eigenvalue weighted by atomic mass is 10.2. The Morgan fingerprint density at radius 3 is 3.07 bits per heavy atom. The van der Waals surface area contributed by atoms with E-state index in [4.69, 9.17) is 16.0 Å². The van der Waals surface area contributed by atoms with Crippen molar-refractivity contribution in [3.63, 3.8) is 0 Å². The van der Waals surface area contributed by atoms with Crippen LogP contribution in [0.5, 0.6) is 0 Å². The molecular weight excluding hydrogens is 202 g/mol. The lowest BCUT2D eigenvalue weighted by molar-refractivity contribution is -0.121. The van der Waals surface area contributed by atoms with Crippen molar-refractivity contribution < 1.29 is 9.21 Å². The maximum atomic E-state index is 11.3. The van der Waals surface area contributed by atoms with Gasteiger partial charge in [0, 0.05) is 12.3 Å². The number of alkyl halides is 1. The highest BCUT2D eigenvalue weighted by molar-refractivity contribution is 6.17. The largest absolute Gasteiger partial charge is 0.467 e. The number of amides is 1. The molecule has 1 N–H and O–H groups in total. The molecule has 0 aliphatic heterocycles. The Labute approximate surface area is 88.4 Å². The number of carbonyl (C=O) groups is 1. The lowest BCUT2D eigenvalue weighted by Gasteiger charge is -2.10. The summed E-state index contributed by atoms with van der Waals surface area (Å²) in [4.78, 5) is 11.3. The summed E-state index contributed by atoms with van der Waals surface area (Å²) in [7, 11) is 0. The second-order valence-electron chi connectivity index (χ2n) is 3.10. The van der Waals surface area contributed by atoms with Gasteiger partial charge in [-0.2, -0.15) is 0 Å². The number of rotatable bonds is 5. The molecule has 1 rings (SSSR count). The quantitative estimate of drug-likeness (QED) is 0.767. The summed E-state index contributed by atoms with van der Waals surface area (Å²) in [6, 6.07) is 3.57. The highest BCUT2D eigenvalue weighted by Crippen LogP contribution is 2.12. The number of nitrogens with one attached hydrogen (secondary N) is 1. The minimum atomic E-state index is -0.0761. The fourth-order valence-corrected chi connectivity index (χ4v) is 1.28. The molecule has 78 valence electrons. The molecule has 0 unspecified atom stereocenters. The van der Waals surface area contributed by atoms with E-state index in [2.05, 4.69) is 5.32 Å². The van der Waals surface area contributed by atoms with Crippen molar-refractivity contribution in [3.8, 4) is 0 Å². The predicted molar refractivity (Wildman–Crippen MR) is 55.2 cm³/mol. The maximum absolute atomic E-state index is 11.3. The van der Waals surface area contributed by atoms with Crippen molar-refractivity contribution in [2.24, 2.45) is 0 Å². The Bertz CT molecular complexity index is 272. The molecule has 1 amide bonds. The Morgan fingerprint density at radius 2 is 2.50 bits per heavy atom. The molecule has 0 fully saturated rings. The summed E-state index contributed by atoms with van der Waals surface area (Å²) < 4.78 is 5.16. The standard InChI is InChI=1S/C10H14ClNO2/c1-8(9-4-3-7-14-9)12-10(13)5-2-6-11/h3-4,7-8H,2,5-6H2,1H3,(H,12,13)/t8-/m0/s1. The molecular formula is C10H14ClNO2. The second kappa shape index (κ2) is 5.70. The molecule has 1 aromatic rings. The molecule has 0 aromatic carbocycles. The molecule has 1 atom stereocenters. The van der Waals surface area contributed by atoms with Gasteiger partial charge in [0.1, 0.15) is 5.76 Å². The van der Waals surface area contributed by atoms with E-state index in [1.165, 1.54) is 0 Å². The van der Waals surface area contributed by atoms with E-state index in [0.29, 0.717) is 18.7 Å². The summed E-state index contributed by atoms with van der Waals surface area (Å²) in [6.07, 6.45) is 2.77. The molecule has 1 heterocycles. The molecule has 0 saturated heterocycles. The van der Waals surface area contributed by atoms with Gasteiger partial charge in [-0.15, -0.1) is 11.6 Å². The van der Waals surface area contributed by atoms with Crippen LogP contribution in [0.4, 0.5) is 0 Å². The van der Waals surface area contributed by atoms with E-state index in [1.54, 1.807) is 12.3 Å². The van der Waals surface area contributed by atoms with Gasteiger partial charge in [-0.1, -0.05) is 0 Å². The average Bonchev–Trinajstić information content (AvgIpc) is 2.67. The first kappa shape index (κ1) is 11.1. The maximum Gasteiger partial charge on any atom is 0.220 e. The van der Waals surface area contributed by atoms with Crippen LogP contribution < -0.4 is 5.32 Å². The van der Waals surface area contributed by atoms with Crippen LogP contribution in [0.3, 0.4) is 0 Å². The second-order valence-corrected chi connectivity index (χ2v) is 3.48. The van der Waals surface area contributed by atoms with Crippen LogP contribution in [0.1, 0.15) is 31.6 Å². The van der Waals surface area contributed by atoms with Gasteiger partial charge < -0.3 is 9.73 Å². The van der Waals surface area contributed by atoms with Gasteiger partial charge in [-0.25, -0.2) is 0 Å². The predicted octanol–water partition coefficient (Wildman–Crippen LogP) is 2.48. The molecule has 0 spiro atoms. The topological polar surface area (TPSA) is 42.2 Å². The van der Waals surface area contributed by atoms with Gasteiger partial charge in [0.25, 0.3) is 0 Å². The lowest BCUT2D eigenvalue weighted by Crippen LogP contribution is -2.26. The third-order valence-corrected chi connectivity index (χ3v) is 2.15. The zero-order valence-corrected chi connectivity index (χ0v) is 8.88. The van der Waals surface area contributed by atoms with E-state index >= 15 is 0 Å². The highest BCUT2D eigenvalue weighted by atomic mass is 35.5. The average molecular weight is 216 g/mol. The minimum Gasteiger partial charge on any atom is -0.467 e. The van der Waals surface area contributed by atoms with Crippen molar-refractivity contribution in [3.05, 3.63) is 24.2 Å². The summed E-state index contributed by atoms with van der Waals surface area (Å²) >= 11 is 5.48. The summed E-state index contributed by atoms with van der Waals surface area (Å²) in [5, 5.41) is 2.83. The summed E-state index contributed by atoms with van der Waals surface area (Å²) in [5.41, 5.74) is 0. The first-order valence-corrected chi connectivity index (χ1v) is 5.16. The summed E-state index contributed by atoms with van der Waals surface area (Å²) in [6.45, 7) is 1.89. The van der Waals surface area contributed by atoms with Gasteiger partial charge in [0.15, 0.2) is 0 Å². The fraction of sp³-hybridized carbons (Fsp3) is 0.500. The van der Waals surface area contributed by atoms with Crippen LogP contribution in [0.2, 0.25) is 0 Å². The minimum absolute atomic E-state index is 0.00884. The number of furan rings is 1. The summed E-state index contributed by atoms with van der Waals surface area (Å²) in [5.74, 6) is 1.29. The molecule has 0 radical (unpaired) electrons. The van der Waals surface area contributed by atoms with Gasteiger partial charge in [-0.3, -0.25) is 4.79 Å². The van der Waals surface area contributed by atoms with Crippen LogP contribution in [-0.2, 0) is 4.79 Å². The SMILES string of the molecule is C[C@H](NC(=O)CCCCl)c1ccco1. The molecule has 0 bridgehead atoms. The van der Waals surface area contributed by atoms with Gasteiger partial charge in [0.2, 0.25) is 5.91 Å². The smallest absolute Gasteiger partial charge is 0.220 e. The molecule has 0 aliphatic rings. The number of carbonyl (C=O) groups excluding carboxylic acids is 1. The van der Waals surface area contributed by atoms with Crippen molar-refractivity contribution >= 4 is 17.5 Å². The third kappa shape index (κ3) is 3.42. The van der Waals surface area contributed by atoms with Crippen molar-refractivity contribution in [1.29, 1.82) is 0 Å². The van der Waals surface area contributed by atoms with E-state index in [-0.39, 0.29) is 11.9 Å². The fourth-order valence-electron chi connectivity index (χ4n) is 1.15.